The second-order valence-corrected chi connectivity index (χ2v) is 7.45. The van der Waals surface area contributed by atoms with Crippen molar-refractivity contribution < 1.29 is 18.3 Å². The van der Waals surface area contributed by atoms with Crippen molar-refractivity contribution in [3.8, 4) is 0 Å². The number of likely N-dealkylation sites (tertiary alicyclic amines) is 1. The maximum absolute atomic E-state index is 13.1. The van der Waals surface area contributed by atoms with E-state index in [0.29, 0.717) is 17.8 Å². The zero-order valence-corrected chi connectivity index (χ0v) is 13.3. The van der Waals surface area contributed by atoms with E-state index in [2.05, 4.69) is 11.8 Å². The molecule has 1 saturated carbocycles. The first-order chi connectivity index (χ1) is 9.71. The molecular formula is C16H28F3NO. The number of rotatable bonds is 6. The number of aliphatic hydroxyl groups is 1. The zero-order valence-electron chi connectivity index (χ0n) is 13.3. The van der Waals surface area contributed by atoms with Crippen molar-refractivity contribution in [3.63, 3.8) is 0 Å². The van der Waals surface area contributed by atoms with Crippen LogP contribution in [0.25, 0.3) is 0 Å². The summed E-state index contributed by atoms with van der Waals surface area (Å²) in [5.41, 5.74) is -1.65. The van der Waals surface area contributed by atoms with Gasteiger partial charge in [-0.15, -0.1) is 0 Å². The van der Waals surface area contributed by atoms with Gasteiger partial charge in [-0.3, -0.25) is 4.90 Å². The lowest BCUT2D eigenvalue weighted by Crippen LogP contribution is -2.46. The molecule has 0 radical (unpaired) electrons. The van der Waals surface area contributed by atoms with E-state index < -0.39 is 11.6 Å². The van der Waals surface area contributed by atoms with Gasteiger partial charge in [-0.2, -0.15) is 13.2 Å². The van der Waals surface area contributed by atoms with Gasteiger partial charge in [0.15, 0.2) is 0 Å². The van der Waals surface area contributed by atoms with E-state index >= 15 is 0 Å². The van der Waals surface area contributed by atoms with Gasteiger partial charge in [0.1, 0.15) is 0 Å². The Labute approximate surface area is 125 Å². The second-order valence-electron chi connectivity index (χ2n) is 7.45. The highest BCUT2D eigenvalue weighted by Crippen LogP contribution is 2.52. The van der Waals surface area contributed by atoms with E-state index in [-0.39, 0.29) is 19.2 Å². The maximum Gasteiger partial charge on any atom is 0.395 e. The van der Waals surface area contributed by atoms with Crippen LogP contribution in [0.4, 0.5) is 13.2 Å². The summed E-state index contributed by atoms with van der Waals surface area (Å²) >= 11 is 0. The van der Waals surface area contributed by atoms with Crippen molar-refractivity contribution in [3.05, 3.63) is 0 Å². The summed E-state index contributed by atoms with van der Waals surface area (Å²) in [6.07, 6.45) is -0.216. The van der Waals surface area contributed by atoms with E-state index in [1.807, 2.05) is 0 Å². The summed E-state index contributed by atoms with van der Waals surface area (Å²) in [5.74, 6) is 1.75. The molecule has 0 aromatic carbocycles. The van der Waals surface area contributed by atoms with Crippen molar-refractivity contribution in [2.75, 3.05) is 19.7 Å². The molecule has 0 aromatic heterocycles. The van der Waals surface area contributed by atoms with Gasteiger partial charge in [-0.25, -0.2) is 0 Å². The molecule has 0 amide bonds. The SMILES string of the molecule is CCC1C([C@H]2C[C@H]2CCO)CCN1CC(C)(C)C(F)(F)F. The molecule has 2 rings (SSSR count). The van der Waals surface area contributed by atoms with Gasteiger partial charge >= 0.3 is 6.18 Å². The fourth-order valence-electron chi connectivity index (χ4n) is 4.09. The number of alkyl halides is 3. The molecule has 124 valence electrons. The predicted molar refractivity (Wildman–Crippen MR) is 76.9 cm³/mol. The second kappa shape index (κ2) is 6.07. The molecule has 4 atom stereocenters. The molecule has 2 fully saturated rings. The van der Waals surface area contributed by atoms with E-state index in [1.165, 1.54) is 13.8 Å². The highest BCUT2D eigenvalue weighted by atomic mass is 19.4. The van der Waals surface area contributed by atoms with Crippen molar-refractivity contribution in [2.45, 2.75) is 58.7 Å². The van der Waals surface area contributed by atoms with Crippen LogP contribution in [-0.2, 0) is 0 Å². The molecule has 1 aliphatic carbocycles. The van der Waals surface area contributed by atoms with Gasteiger partial charge in [-0.1, -0.05) is 6.92 Å². The summed E-state index contributed by atoms with van der Waals surface area (Å²) < 4.78 is 39.3. The third-order valence-corrected chi connectivity index (χ3v) is 5.52. The van der Waals surface area contributed by atoms with Crippen LogP contribution >= 0.6 is 0 Å². The summed E-state index contributed by atoms with van der Waals surface area (Å²) in [6, 6.07) is 0.278. The van der Waals surface area contributed by atoms with Crippen LogP contribution in [0, 0.1) is 23.2 Å². The third-order valence-electron chi connectivity index (χ3n) is 5.52. The normalized spacial score (nSPS) is 34.4. The van der Waals surface area contributed by atoms with Gasteiger partial charge in [0.2, 0.25) is 0 Å². The van der Waals surface area contributed by atoms with E-state index in [9.17, 15) is 13.2 Å². The van der Waals surface area contributed by atoms with Crippen LogP contribution in [0.15, 0.2) is 0 Å². The van der Waals surface area contributed by atoms with Gasteiger partial charge < -0.3 is 5.11 Å². The van der Waals surface area contributed by atoms with Crippen LogP contribution in [-0.4, -0.2) is 41.9 Å². The van der Waals surface area contributed by atoms with E-state index in [4.69, 9.17) is 5.11 Å². The lowest BCUT2D eigenvalue weighted by Gasteiger charge is -2.36. The molecule has 0 spiro atoms. The molecule has 0 aromatic rings. The molecule has 1 N–H and O–H groups in total. The van der Waals surface area contributed by atoms with Gasteiger partial charge in [0, 0.05) is 19.2 Å². The molecule has 1 aliphatic heterocycles. The highest BCUT2D eigenvalue weighted by molar-refractivity contribution is 5.00. The number of hydrogen-bond donors (Lipinski definition) is 1. The smallest absolute Gasteiger partial charge is 0.395 e. The molecule has 2 nitrogen and oxygen atoms in total. The topological polar surface area (TPSA) is 23.5 Å². The molecular weight excluding hydrogens is 279 g/mol. The lowest BCUT2D eigenvalue weighted by molar-refractivity contribution is -0.217. The van der Waals surface area contributed by atoms with Gasteiger partial charge in [-0.05, 0) is 63.8 Å². The Bertz CT molecular complexity index is 356. The molecule has 0 bridgehead atoms. The van der Waals surface area contributed by atoms with Crippen LogP contribution in [0.5, 0.6) is 0 Å². The summed E-state index contributed by atoms with van der Waals surface area (Å²) in [4.78, 5) is 2.06. The Balaban J connectivity index is 1.97. The number of aliphatic hydroxyl groups excluding tert-OH is 1. The molecule has 1 heterocycles. The average molecular weight is 307 g/mol. The molecule has 1 saturated heterocycles. The van der Waals surface area contributed by atoms with E-state index in [0.717, 1.165) is 32.2 Å². The first-order valence-electron chi connectivity index (χ1n) is 8.13. The van der Waals surface area contributed by atoms with Crippen molar-refractivity contribution in [2.24, 2.45) is 23.2 Å². The lowest BCUT2D eigenvalue weighted by atomic mass is 9.89. The standard InChI is InChI=1S/C16H28F3NO/c1-4-14-12(13-9-11(13)6-8-21)5-7-20(14)10-15(2,3)16(17,18)19/h11-14,21H,4-10H2,1-3H3/t11-,12?,13+,14?/m1/s1. The van der Waals surface area contributed by atoms with E-state index in [1.54, 1.807) is 0 Å². The number of hydrogen-bond acceptors (Lipinski definition) is 2. The molecule has 2 aliphatic rings. The first kappa shape index (κ1) is 17.1. The van der Waals surface area contributed by atoms with Crippen molar-refractivity contribution >= 4 is 0 Å². The fraction of sp³-hybridized carbons (Fsp3) is 1.00. The Kier molecular flexibility index (Phi) is 4.94. The van der Waals surface area contributed by atoms with Gasteiger partial charge in [0.05, 0.1) is 5.41 Å². The predicted octanol–water partition coefficient (Wildman–Crippen LogP) is 3.69. The largest absolute Gasteiger partial charge is 0.396 e. The number of nitrogens with zero attached hydrogens (tertiary/aromatic N) is 1. The van der Waals surface area contributed by atoms with Crippen LogP contribution in [0.1, 0.15) is 46.5 Å². The van der Waals surface area contributed by atoms with Gasteiger partial charge in [0.25, 0.3) is 0 Å². The maximum atomic E-state index is 13.1. The fourth-order valence-corrected chi connectivity index (χ4v) is 4.09. The third kappa shape index (κ3) is 3.55. The van der Waals surface area contributed by atoms with Crippen LogP contribution < -0.4 is 0 Å². The monoisotopic (exact) mass is 307 g/mol. The Morgan fingerprint density at radius 2 is 1.86 bits per heavy atom. The Morgan fingerprint density at radius 1 is 1.19 bits per heavy atom. The average Bonchev–Trinajstić information content (AvgIpc) is 3.00. The minimum absolute atomic E-state index is 0.100. The minimum Gasteiger partial charge on any atom is -0.396 e. The first-order valence-corrected chi connectivity index (χ1v) is 8.13. The van der Waals surface area contributed by atoms with Crippen LogP contribution in [0.3, 0.4) is 0 Å². The van der Waals surface area contributed by atoms with Crippen LogP contribution in [0.2, 0.25) is 0 Å². The summed E-state index contributed by atoms with van der Waals surface area (Å²) in [5, 5.41) is 9.02. The summed E-state index contributed by atoms with van der Waals surface area (Å²) in [7, 11) is 0. The zero-order chi connectivity index (χ0) is 15.8. The number of halogens is 3. The quantitative estimate of drug-likeness (QED) is 0.809. The Morgan fingerprint density at radius 3 is 2.38 bits per heavy atom. The van der Waals surface area contributed by atoms with Crippen molar-refractivity contribution in [1.29, 1.82) is 0 Å². The van der Waals surface area contributed by atoms with Crippen molar-refractivity contribution in [1.82, 2.24) is 4.90 Å². The highest BCUT2D eigenvalue weighted by Gasteiger charge is 2.52. The molecule has 21 heavy (non-hydrogen) atoms. The minimum atomic E-state index is -4.15. The Hall–Kier alpha value is -0.290. The summed E-state index contributed by atoms with van der Waals surface area (Å²) in [6.45, 7) is 5.81. The molecule has 2 unspecified atom stereocenters. The molecule has 5 heteroatoms.